The molecule has 0 amide bonds. The zero-order valence-corrected chi connectivity index (χ0v) is 9.78. The van der Waals surface area contributed by atoms with Crippen molar-refractivity contribution in [2.24, 2.45) is 5.73 Å². The fourth-order valence-corrected chi connectivity index (χ4v) is 1.52. The van der Waals surface area contributed by atoms with E-state index in [1.807, 2.05) is 11.8 Å². The van der Waals surface area contributed by atoms with Crippen molar-refractivity contribution in [2.75, 3.05) is 24.6 Å². The predicted octanol–water partition coefficient (Wildman–Crippen LogP) is 1.36. The van der Waals surface area contributed by atoms with Crippen LogP contribution in [0, 0.1) is 5.82 Å². The molecule has 0 aliphatic rings. The van der Waals surface area contributed by atoms with E-state index in [1.165, 1.54) is 12.1 Å². The number of hydrogen-bond donors (Lipinski definition) is 2. The second kappa shape index (κ2) is 5.27. The van der Waals surface area contributed by atoms with Gasteiger partial charge in [-0.25, -0.2) is 4.39 Å². The summed E-state index contributed by atoms with van der Waals surface area (Å²) in [6.45, 7) is 5.00. The first-order valence-electron chi connectivity index (χ1n) is 5.39. The van der Waals surface area contributed by atoms with Gasteiger partial charge in [-0.2, -0.15) is 0 Å². The van der Waals surface area contributed by atoms with Gasteiger partial charge in [0, 0.05) is 18.8 Å². The molecule has 0 aromatic heterocycles. The minimum atomic E-state index is -0.648. The molecule has 0 fully saturated rings. The summed E-state index contributed by atoms with van der Waals surface area (Å²) in [7, 11) is 0. The Labute approximate surface area is 95.7 Å². The molecule has 1 aromatic rings. The lowest BCUT2D eigenvalue weighted by Crippen LogP contribution is -2.50. The molecule has 0 heterocycles. The number of nitrogens with two attached hydrogens (primary N) is 1. The average molecular weight is 226 g/mol. The number of rotatable bonds is 5. The third kappa shape index (κ3) is 3.47. The van der Waals surface area contributed by atoms with Crippen molar-refractivity contribution in [2.45, 2.75) is 19.4 Å². The van der Waals surface area contributed by atoms with Gasteiger partial charge in [0.2, 0.25) is 0 Å². The molecule has 1 rings (SSSR count). The molecule has 3 N–H and O–H groups in total. The van der Waals surface area contributed by atoms with Crippen LogP contribution in [0.3, 0.4) is 0 Å². The number of nitrogens with zero attached hydrogens (tertiary/aromatic N) is 1. The summed E-state index contributed by atoms with van der Waals surface area (Å²) in [5, 5.41) is 9.12. The lowest BCUT2D eigenvalue weighted by molar-refractivity contribution is 0.211. The summed E-state index contributed by atoms with van der Waals surface area (Å²) in [5.74, 6) is -0.252. The van der Waals surface area contributed by atoms with Gasteiger partial charge in [-0.3, -0.25) is 0 Å². The van der Waals surface area contributed by atoms with Gasteiger partial charge in [-0.15, -0.1) is 0 Å². The molecule has 1 atom stereocenters. The predicted molar refractivity (Wildman–Crippen MR) is 64.0 cm³/mol. The van der Waals surface area contributed by atoms with Gasteiger partial charge in [-0.05, 0) is 38.1 Å². The standard InChI is InChI=1S/C12H19FN2O/c1-3-15(8-12(2,14)9-16)11-6-4-10(13)5-7-11/h4-7,16H,3,8-9,14H2,1-2H3. The molecular formula is C12H19FN2O. The lowest BCUT2D eigenvalue weighted by atomic mass is 10.0. The summed E-state index contributed by atoms with van der Waals surface area (Å²) in [5.41, 5.74) is 6.16. The molecule has 0 radical (unpaired) electrons. The highest BCUT2D eigenvalue weighted by molar-refractivity contribution is 5.46. The minimum Gasteiger partial charge on any atom is -0.394 e. The maximum atomic E-state index is 12.8. The molecule has 3 nitrogen and oxygen atoms in total. The van der Waals surface area contributed by atoms with E-state index in [0.29, 0.717) is 6.54 Å². The molecule has 1 unspecified atom stereocenters. The van der Waals surface area contributed by atoms with E-state index in [-0.39, 0.29) is 12.4 Å². The van der Waals surface area contributed by atoms with Crippen molar-refractivity contribution in [1.29, 1.82) is 0 Å². The highest BCUT2D eigenvalue weighted by Gasteiger charge is 2.20. The number of aliphatic hydroxyl groups is 1. The Morgan fingerprint density at radius 1 is 1.38 bits per heavy atom. The van der Waals surface area contributed by atoms with Gasteiger partial charge in [0.1, 0.15) is 5.82 Å². The Morgan fingerprint density at radius 2 is 1.94 bits per heavy atom. The third-order valence-electron chi connectivity index (χ3n) is 2.49. The lowest BCUT2D eigenvalue weighted by Gasteiger charge is -2.32. The van der Waals surface area contributed by atoms with E-state index >= 15 is 0 Å². The van der Waals surface area contributed by atoms with Crippen LogP contribution in [0.15, 0.2) is 24.3 Å². The van der Waals surface area contributed by atoms with Crippen LogP contribution >= 0.6 is 0 Å². The Kier molecular flexibility index (Phi) is 4.26. The summed E-state index contributed by atoms with van der Waals surface area (Å²) in [6.07, 6.45) is 0. The van der Waals surface area contributed by atoms with Crippen LogP contribution in [0.5, 0.6) is 0 Å². The number of hydrogen-bond acceptors (Lipinski definition) is 3. The molecule has 0 spiro atoms. The van der Waals surface area contributed by atoms with Crippen LogP contribution in [0.1, 0.15) is 13.8 Å². The maximum absolute atomic E-state index is 12.8. The van der Waals surface area contributed by atoms with Gasteiger partial charge in [0.05, 0.1) is 12.1 Å². The second-order valence-electron chi connectivity index (χ2n) is 4.30. The normalized spacial score (nSPS) is 14.6. The van der Waals surface area contributed by atoms with E-state index in [0.717, 1.165) is 12.2 Å². The van der Waals surface area contributed by atoms with Gasteiger partial charge in [0.25, 0.3) is 0 Å². The fourth-order valence-electron chi connectivity index (χ4n) is 1.52. The smallest absolute Gasteiger partial charge is 0.123 e. The quantitative estimate of drug-likeness (QED) is 0.797. The van der Waals surface area contributed by atoms with Gasteiger partial charge in [0.15, 0.2) is 0 Å². The molecule has 1 aromatic carbocycles. The summed E-state index contributed by atoms with van der Waals surface area (Å²) in [6, 6.07) is 6.27. The Morgan fingerprint density at radius 3 is 2.38 bits per heavy atom. The molecule has 0 aliphatic heterocycles. The summed E-state index contributed by atoms with van der Waals surface area (Å²) >= 11 is 0. The van der Waals surface area contributed by atoms with Crippen molar-refractivity contribution in [1.82, 2.24) is 0 Å². The first kappa shape index (κ1) is 12.9. The molecule has 90 valence electrons. The molecule has 0 bridgehead atoms. The van der Waals surface area contributed by atoms with Gasteiger partial charge in [-0.1, -0.05) is 0 Å². The van der Waals surface area contributed by atoms with Gasteiger partial charge >= 0.3 is 0 Å². The SMILES string of the molecule is CCN(CC(C)(N)CO)c1ccc(F)cc1. The molecule has 0 aliphatic carbocycles. The Balaban J connectivity index is 2.78. The Bertz CT molecular complexity index is 324. The molecular weight excluding hydrogens is 207 g/mol. The van der Waals surface area contributed by atoms with Crippen molar-refractivity contribution in [3.05, 3.63) is 30.1 Å². The molecule has 0 saturated carbocycles. The summed E-state index contributed by atoms with van der Waals surface area (Å²) < 4.78 is 12.8. The van der Waals surface area contributed by atoms with E-state index in [2.05, 4.69) is 0 Å². The average Bonchev–Trinajstić information content (AvgIpc) is 2.27. The van der Waals surface area contributed by atoms with Crippen LogP contribution in [0.4, 0.5) is 10.1 Å². The number of anilines is 1. The van der Waals surface area contributed by atoms with Crippen molar-refractivity contribution in [3.63, 3.8) is 0 Å². The van der Waals surface area contributed by atoms with E-state index in [4.69, 9.17) is 10.8 Å². The van der Waals surface area contributed by atoms with Crippen LogP contribution in [0.25, 0.3) is 0 Å². The fraction of sp³-hybridized carbons (Fsp3) is 0.500. The zero-order chi connectivity index (χ0) is 12.2. The largest absolute Gasteiger partial charge is 0.394 e. The van der Waals surface area contributed by atoms with E-state index < -0.39 is 5.54 Å². The highest BCUT2D eigenvalue weighted by Crippen LogP contribution is 2.16. The van der Waals surface area contributed by atoms with Crippen molar-refractivity contribution < 1.29 is 9.50 Å². The van der Waals surface area contributed by atoms with Crippen molar-refractivity contribution >= 4 is 5.69 Å². The van der Waals surface area contributed by atoms with Crippen LogP contribution in [-0.4, -0.2) is 30.3 Å². The van der Waals surface area contributed by atoms with Crippen LogP contribution < -0.4 is 10.6 Å². The Hall–Kier alpha value is -1.13. The molecule has 0 saturated heterocycles. The van der Waals surface area contributed by atoms with Crippen LogP contribution in [0.2, 0.25) is 0 Å². The number of aliphatic hydroxyl groups excluding tert-OH is 1. The zero-order valence-electron chi connectivity index (χ0n) is 9.78. The number of benzene rings is 1. The van der Waals surface area contributed by atoms with Gasteiger partial charge < -0.3 is 15.7 Å². The first-order chi connectivity index (χ1) is 7.48. The third-order valence-corrected chi connectivity index (χ3v) is 2.49. The maximum Gasteiger partial charge on any atom is 0.123 e. The monoisotopic (exact) mass is 226 g/mol. The number of halogens is 1. The first-order valence-corrected chi connectivity index (χ1v) is 5.39. The molecule has 16 heavy (non-hydrogen) atoms. The van der Waals surface area contributed by atoms with Crippen LogP contribution in [-0.2, 0) is 0 Å². The minimum absolute atomic E-state index is 0.0787. The number of likely N-dealkylation sites (N-methyl/N-ethyl adjacent to an activating group) is 1. The highest BCUT2D eigenvalue weighted by atomic mass is 19.1. The van der Waals surface area contributed by atoms with E-state index in [1.54, 1.807) is 19.1 Å². The molecule has 4 heteroatoms. The van der Waals surface area contributed by atoms with Crippen molar-refractivity contribution in [3.8, 4) is 0 Å². The van der Waals surface area contributed by atoms with E-state index in [9.17, 15) is 4.39 Å². The second-order valence-corrected chi connectivity index (χ2v) is 4.30. The summed E-state index contributed by atoms with van der Waals surface area (Å²) in [4.78, 5) is 2.01. The topological polar surface area (TPSA) is 49.5 Å².